The molecule has 2 amide bonds. The van der Waals surface area contributed by atoms with E-state index in [0.29, 0.717) is 17.2 Å². The minimum atomic E-state index is -1.20. The molecule has 3 rings (SSSR count). The average molecular weight is 492 g/mol. The van der Waals surface area contributed by atoms with E-state index in [0.717, 1.165) is 28.5 Å². The Morgan fingerprint density at radius 1 is 1.14 bits per heavy atom. The molecule has 0 spiro atoms. The van der Waals surface area contributed by atoms with Gasteiger partial charge >= 0.3 is 5.97 Å². The highest BCUT2D eigenvalue weighted by Gasteiger charge is 2.44. The first kappa shape index (κ1) is 26.0. The fraction of sp³-hybridized carbons (Fsp3) is 0.333. The number of thioether (sulfide) groups is 1. The Morgan fingerprint density at radius 3 is 2.40 bits per heavy atom. The van der Waals surface area contributed by atoms with E-state index in [1.165, 1.54) is 7.11 Å². The van der Waals surface area contributed by atoms with Gasteiger partial charge in [-0.1, -0.05) is 55.9 Å². The molecule has 7 nitrogen and oxygen atoms in total. The first-order chi connectivity index (χ1) is 16.7. The van der Waals surface area contributed by atoms with Crippen LogP contribution in [0.3, 0.4) is 0 Å². The van der Waals surface area contributed by atoms with Gasteiger partial charge in [0.15, 0.2) is 0 Å². The summed E-state index contributed by atoms with van der Waals surface area (Å²) in [6.07, 6.45) is 0. The van der Waals surface area contributed by atoms with Crippen LogP contribution in [0, 0.1) is 31.1 Å². The highest BCUT2D eigenvalue weighted by molar-refractivity contribution is 8.03. The van der Waals surface area contributed by atoms with Gasteiger partial charge < -0.3 is 15.4 Å². The van der Waals surface area contributed by atoms with Gasteiger partial charge in [0.2, 0.25) is 11.8 Å². The van der Waals surface area contributed by atoms with Crippen molar-refractivity contribution in [3.8, 4) is 6.07 Å². The van der Waals surface area contributed by atoms with Crippen molar-refractivity contribution in [2.45, 2.75) is 39.5 Å². The molecule has 0 fully saturated rings. The van der Waals surface area contributed by atoms with Crippen molar-refractivity contribution in [1.82, 2.24) is 5.32 Å². The molecule has 0 radical (unpaired) electrons. The van der Waals surface area contributed by atoms with Crippen LogP contribution in [0.15, 0.2) is 53.1 Å². The summed E-state index contributed by atoms with van der Waals surface area (Å²) < 4.78 is 4.88. The summed E-state index contributed by atoms with van der Waals surface area (Å²) >= 11 is 1.06. The van der Waals surface area contributed by atoms with E-state index in [9.17, 15) is 19.6 Å². The molecular formula is C27H29N3O4S. The molecule has 0 saturated carbocycles. The lowest BCUT2D eigenvalue weighted by Crippen LogP contribution is -2.44. The molecule has 0 aromatic heterocycles. The number of hydrogen-bond donors (Lipinski definition) is 2. The van der Waals surface area contributed by atoms with Crippen LogP contribution >= 0.6 is 11.8 Å². The van der Waals surface area contributed by atoms with Gasteiger partial charge in [-0.3, -0.25) is 14.4 Å². The Bertz CT molecular complexity index is 1210. The lowest BCUT2D eigenvalue weighted by Gasteiger charge is -2.31. The second kappa shape index (κ2) is 11.2. The van der Waals surface area contributed by atoms with Gasteiger partial charge in [-0.05, 0) is 54.2 Å². The summed E-state index contributed by atoms with van der Waals surface area (Å²) in [7, 11) is 1.21. The molecule has 1 aliphatic heterocycles. The number of nitriles is 1. The highest BCUT2D eigenvalue weighted by atomic mass is 32.2. The molecule has 182 valence electrons. The molecule has 2 aromatic rings. The molecule has 1 heterocycles. The number of allylic oxidation sites excluding steroid dienone is 1. The van der Waals surface area contributed by atoms with Gasteiger partial charge in [0, 0.05) is 11.6 Å². The van der Waals surface area contributed by atoms with Crippen molar-refractivity contribution in [1.29, 1.82) is 5.26 Å². The van der Waals surface area contributed by atoms with Crippen molar-refractivity contribution >= 4 is 35.2 Å². The van der Waals surface area contributed by atoms with Crippen molar-refractivity contribution in [2.24, 2.45) is 5.92 Å². The summed E-state index contributed by atoms with van der Waals surface area (Å²) in [5.74, 6) is -3.28. The zero-order chi connectivity index (χ0) is 25.7. The van der Waals surface area contributed by atoms with Crippen LogP contribution in [0.4, 0.5) is 5.69 Å². The van der Waals surface area contributed by atoms with E-state index in [1.54, 1.807) is 0 Å². The quantitative estimate of drug-likeness (QED) is 0.435. The zero-order valence-electron chi connectivity index (χ0n) is 20.5. The molecule has 2 atom stereocenters. The van der Waals surface area contributed by atoms with E-state index in [4.69, 9.17) is 4.74 Å². The SMILES string of the molecule is COC(=O)[C@@H]1C(=O)NC(SCC(=O)Nc2ccc(C)c(C)c2)=C(C#N)[C@@H]1c1ccc(C(C)C)cc1. The van der Waals surface area contributed by atoms with Crippen LogP contribution in [0.1, 0.15) is 47.9 Å². The van der Waals surface area contributed by atoms with E-state index in [1.807, 2.05) is 56.3 Å². The maximum atomic E-state index is 13.0. The number of methoxy groups -OCH3 is 1. The van der Waals surface area contributed by atoms with Gasteiger partial charge in [0.25, 0.3) is 0 Å². The van der Waals surface area contributed by atoms with Gasteiger partial charge in [-0.25, -0.2) is 0 Å². The Balaban J connectivity index is 1.89. The van der Waals surface area contributed by atoms with Crippen molar-refractivity contribution in [3.63, 3.8) is 0 Å². The van der Waals surface area contributed by atoms with Crippen LogP contribution < -0.4 is 10.6 Å². The van der Waals surface area contributed by atoms with Crippen LogP contribution in [-0.4, -0.2) is 30.6 Å². The number of amides is 2. The fourth-order valence-electron chi connectivity index (χ4n) is 3.92. The fourth-order valence-corrected chi connectivity index (χ4v) is 4.77. The molecular weight excluding hydrogens is 462 g/mol. The third kappa shape index (κ3) is 5.92. The summed E-state index contributed by atoms with van der Waals surface area (Å²) in [6, 6.07) is 15.3. The van der Waals surface area contributed by atoms with E-state index in [-0.39, 0.29) is 22.3 Å². The number of esters is 1. The normalized spacial score (nSPS) is 17.6. The van der Waals surface area contributed by atoms with Gasteiger partial charge in [-0.15, -0.1) is 0 Å². The lowest BCUT2D eigenvalue weighted by atomic mass is 9.78. The number of benzene rings is 2. The summed E-state index contributed by atoms with van der Waals surface area (Å²) in [6.45, 7) is 8.09. The van der Waals surface area contributed by atoms with Crippen LogP contribution in [0.25, 0.3) is 0 Å². The lowest BCUT2D eigenvalue weighted by molar-refractivity contribution is -0.150. The molecule has 2 aromatic carbocycles. The number of anilines is 1. The third-order valence-corrected chi connectivity index (χ3v) is 7.10. The summed E-state index contributed by atoms with van der Waals surface area (Å²) in [4.78, 5) is 38.1. The molecule has 8 heteroatoms. The second-order valence-electron chi connectivity index (χ2n) is 8.78. The van der Waals surface area contributed by atoms with Gasteiger partial charge in [-0.2, -0.15) is 5.26 Å². The van der Waals surface area contributed by atoms with E-state index >= 15 is 0 Å². The van der Waals surface area contributed by atoms with Gasteiger partial charge in [0.05, 0.1) is 29.5 Å². The average Bonchev–Trinajstić information content (AvgIpc) is 2.84. The second-order valence-corrected chi connectivity index (χ2v) is 9.77. The monoisotopic (exact) mass is 491 g/mol. The summed E-state index contributed by atoms with van der Waals surface area (Å²) in [5, 5.41) is 15.8. The van der Waals surface area contributed by atoms with E-state index in [2.05, 4.69) is 30.6 Å². The number of hydrogen-bond acceptors (Lipinski definition) is 6. The summed E-state index contributed by atoms with van der Waals surface area (Å²) in [5.41, 5.74) is 4.84. The first-order valence-corrected chi connectivity index (χ1v) is 12.3. The van der Waals surface area contributed by atoms with Crippen molar-refractivity contribution < 1.29 is 19.1 Å². The van der Waals surface area contributed by atoms with E-state index < -0.39 is 23.7 Å². The van der Waals surface area contributed by atoms with Gasteiger partial charge in [0.1, 0.15) is 5.92 Å². The van der Waals surface area contributed by atoms with Crippen LogP contribution in [0.2, 0.25) is 0 Å². The molecule has 0 aliphatic carbocycles. The largest absolute Gasteiger partial charge is 0.468 e. The van der Waals surface area contributed by atoms with Crippen LogP contribution in [0.5, 0.6) is 0 Å². The molecule has 0 saturated heterocycles. The minimum absolute atomic E-state index is 0.0182. The van der Waals surface area contributed by atoms with Crippen molar-refractivity contribution in [3.05, 3.63) is 75.3 Å². The third-order valence-electron chi connectivity index (χ3n) is 6.08. The number of aryl methyl sites for hydroxylation is 2. The Morgan fingerprint density at radius 2 is 1.83 bits per heavy atom. The smallest absolute Gasteiger partial charge is 0.319 e. The molecule has 0 unspecified atom stereocenters. The highest BCUT2D eigenvalue weighted by Crippen LogP contribution is 2.40. The number of carbonyl (C=O) groups excluding carboxylic acids is 3. The Labute approximate surface area is 209 Å². The number of rotatable bonds is 7. The number of carbonyl (C=O) groups is 3. The Hall–Kier alpha value is -3.57. The number of nitrogens with zero attached hydrogens (tertiary/aromatic N) is 1. The maximum absolute atomic E-state index is 13.0. The molecule has 0 bridgehead atoms. The topological polar surface area (TPSA) is 108 Å². The molecule has 35 heavy (non-hydrogen) atoms. The predicted molar refractivity (Wildman–Crippen MR) is 137 cm³/mol. The zero-order valence-corrected chi connectivity index (χ0v) is 21.3. The molecule has 1 aliphatic rings. The standard InChI is InChI=1S/C27H29N3O4S/c1-15(2)18-7-9-19(10-8-18)23-21(13-28)26(30-25(32)24(23)27(33)34-5)35-14-22(31)29-20-11-6-16(3)17(4)12-20/h6-12,15,23-24H,14H2,1-5H3,(H,29,31)(H,30,32)/t23-,24-/m0/s1. The van der Waals surface area contributed by atoms with Crippen LogP contribution in [-0.2, 0) is 19.1 Å². The first-order valence-electron chi connectivity index (χ1n) is 11.3. The Kier molecular flexibility index (Phi) is 8.36. The van der Waals surface area contributed by atoms with Crippen molar-refractivity contribution in [2.75, 3.05) is 18.2 Å². The minimum Gasteiger partial charge on any atom is -0.468 e. The number of ether oxygens (including phenoxy) is 1. The number of nitrogens with one attached hydrogen (secondary N) is 2. The predicted octanol–water partition coefficient (Wildman–Crippen LogP) is 4.54. The molecule has 2 N–H and O–H groups in total. The maximum Gasteiger partial charge on any atom is 0.319 e.